The normalized spacial score (nSPS) is 13.8. The maximum Gasteiger partial charge on any atom is 0.0803 e. The second kappa shape index (κ2) is 15.2. The van der Waals surface area contributed by atoms with Gasteiger partial charge in [0.2, 0.25) is 0 Å². The first-order chi connectivity index (χ1) is 22.3. The van der Waals surface area contributed by atoms with Crippen molar-refractivity contribution in [3.05, 3.63) is 163 Å². The molecule has 0 aliphatic rings. The van der Waals surface area contributed by atoms with Crippen molar-refractivity contribution in [1.29, 1.82) is 0 Å². The van der Waals surface area contributed by atoms with Crippen LogP contribution in [0.1, 0.15) is 35.0 Å². The summed E-state index contributed by atoms with van der Waals surface area (Å²) >= 11 is 0. The number of rotatable bonds is 6. The zero-order valence-electron chi connectivity index (χ0n) is 29.4. The third-order valence-corrected chi connectivity index (χ3v) is 9.28. The van der Waals surface area contributed by atoms with Gasteiger partial charge in [0.25, 0.3) is 0 Å². The minimum atomic E-state index is -2.11. The Hall–Kier alpha value is -3.95. The summed E-state index contributed by atoms with van der Waals surface area (Å²) in [6, 6.07) is 45.2. The van der Waals surface area contributed by atoms with Crippen molar-refractivity contribution in [2.45, 2.75) is 39.3 Å². The number of nitrogens with zero attached hydrogens (tertiary/aromatic N) is 2. The number of hydrogen-bond donors (Lipinski definition) is 0. The number of aryl methyl sites for hydroxylation is 1. The number of pyridine rings is 2. The SMILES string of the molecule is [2H]C(C)(c1ccccc1)c1ccnc(-c2[c-]cccc2)c1.[2H]C([2H])([2H])c1c[c-]c(-c2cc(-c3ccccc3)c([Si](C)(C)C)cn2)cc1.[Ir]. The average Bonchev–Trinajstić information content (AvgIpc) is 3.09. The minimum Gasteiger partial charge on any atom is -0.305 e. The molecule has 0 N–H and O–H groups in total. The summed E-state index contributed by atoms with van der Waals surface area (Å²) in [4.78, 5) is 9.06. The van der Waals surface area contributed by atoms with E-state index in [4.69, 9.17) is 5.48 Å². The van der Waals surface area contributed by atoms with Crippen molar-refractivity contribution >= 4 is 13.3 Å². The van der Waals surface area contributed by atoms with E-state index in [1.54, 1.807) is 24.4 Å². The number of benzene rings is 4. The zero-order chi connectivity index (χ0) is 33.7. The first-order valence-corrected chi connectivity index (χ1v) is 17.9. The predicted molar refractivity (Wildman–Crippen MR) is 184 cm³/mol. The summed E-state index contributed by atoms with van der Waals surface area (Å²) < 4.78 is 31.2. The van der Waals surface area contributed by atoms with Crippen LogP contribution in [0.15, 0.2) is 134 Å². The van der Waals surface area contributed by atoms with Gasteiger partial charge in [-0.15, -0.1) is 71.3 Å². The Bertz CT molecular complexity index is 1910. The largest absolute Gasteiger partial charge is 0.305 e. The molecular formula is C40H38IrN2Si-2. The van der Waals surface area contributed by atoms with Crippen LogP contribution in [-0.4, -0.2) is 18.0 Å². The Morgan fingerprint density at radius 1 is 0.727 bits per heavy atom. The van der Waals surface area contributed by atoms with Gasteiger partial charge in [-0.25, -0.2) is 0 Å². The molecule has 2 aromatic heterocycles. The summed E-state index contributed by atoms with van der Waals surface area (Å²) in [5.41, 5.74) is 7.97. The Morgan fingerprint density at radius 2 is 1.41 bits per heavy atom. The summed E-state index contributed by atoms with van der Waals surface area (Å²) in [5.74, 6) is -0.798. The summed E-state index contributed by atoms with van der Waals surface area (Å²) in [7, 11) is -1.57. The monoisotopic (exact) mass is 771 g/mol. The molecule has 4 aromatic carbocycles. The molecule has 0 saturated heterocycles. The van der Waals surface area contributed by atoms with Crippen LogP contribution >= 0.6 is 0 Å². The van der Waals surface area contributed by atoms with Crippen LogP contribution in [0.5, 0.6) is 0 Å². The first-order valence-electron chi connectivity index (χ1n) is 16.4. The molecule has 0 saturated carbocycles. The Labute approximate surface area is 283 Å². The molecule has 0 aliphatic carbocycles. The predicted octanol–water partition coefficient (Wildman–Crippen LogP) is 9.77. The first kappa shape index (κ1) is 27.6. The van der Waals surface area contributed by atoms with E-state index in [0.29, 0.717) is 5.56 Å². The van der Waals surface area contributed by atoms with Crippen LogP contribution in [0.2, 0.25) is 19.6 Å². The van der Waals surface area contributed by atoms with Gasteiger partial charge in [0.15, 0.2) is 0 Å². The van der Waals surface area contributed by atoms with Crippen molar-refractivity contribution in [2.24, 2.45) is 0 Å². The molecule has 0 amide bonds. The van der Waals surface area contributed by atoms with E-state index in [1.807, 2.05) is 98.0 Å². The van der Waals surface area contributed by atoms with Crippen LogP contribution in [0.4, 0.5) is 0 Å². The Balaban J connectivity index is 0.000000217. The molecule has 1 unspecified atom stereocenters. The van der Waals surface area contributed by atoms with E-state index in [1.165, 1.54) is 16.3 Å². The van der Waals surface area contributed by atoms with Gasteiger partial charge in [-0.1, -0.05) is 106 Å². The molecular weight excluding hydrogens is 729 g/mol. The van der Waals surface area contributed by atoms with Gasteiger partial charge >= 0.3 is 0 Å². The molecule has 0 spiro atoms. The maximum absolute atomic E-state index is 8.73. The van der Waals surface area contributed by atoms with Gasteiger partial charge in [0.05, 0.1) is 8.07 Å². The molecule has 223 valence electrons. The van der Waals surface area contributed by atoms with Crippen molar-refractivity contribution < 1.29 is 25.6 Å². The number of hydrogen-bond acceptors (Lipinski definition) is 2. The molecule has 0 fully saturated rings. The average molecular weight is 771 g/mol. The summed E-state index contributed by atoms with van der Waals surface area (Å²) in [6.45, 7) is 6.74. The van der Waals surface area contributed by atoms with E-state index in [9.17, 15) is 0 Å². The van der Waals surface area contributed by atoms with Gasteiger partial charge in [-0.05, 0) is 44.9 Å². The molecule has 1 radical (unpaired) electrons. The van der Waals surface area contributed by atoms with Crippen LogP contribution < -0.4 is 5.19 Å². The van der Waals surface area contributed by atoms with Crippen LogP contribution in [0.3, 0.4) is 0 Å². The Kier molecular flexibility index (Phi) is 9.51. The smallest absolute Gasteiger partial charge is 0.0803 e. The van der Waals surface area contributed by atoms with E-state index in [-0.39, 0.29) is 20.1 Å². The maximum atomic E-state index is 8.73. The van der Waals surface area contributed by atoms with Gasteiger partial charge in [0, 0.05) is 43.9 Å². The van der Waals surface area contributed by atoms with E-state index >= 15 is 0 Å². The fraction of sp³-hybridized carbons (Fsp3) is 0.150. The van der Waals surface area contributed by atoms with Gasteiger partial charge in [0.1, 0.15) is 0 Å². The Morgan fingerprint density at radius 3 is 2.05 bits per heavy atom. The van der Waals surface area contributed by atoms with Crippen LogP contribution in [0, 0.1) is 19.0 Å². The molecule has 4 heteroatoms. The topological polar surface area (TPSA) is 25.8 Å². The number of aromatic nitrogens is 2. The fourth-order valence-corrected chi connectivity index (χ4v) is 6.34. The van der Waals surface area contributed by atoms with E-state index < -0.39 is 20.8 Å². The zero-order valence-corrected chi connectivity index (χ0v) is 28.8. The molecule has 1 atom stereocenters. The third kappa shape index (κ3) is 8.36. The van der Waals surface area contributed by atoms with E-state index in [0.717, 1.165) is 33.6 Å². The molecule has 0 aliphatic heterocycles. The minimum absolute atomic E-state index is 0. The molecule has 2 nitrogen and oxygen atoms in total. The van der Waals surface area contributed by atoms with Gasteiger partial charge in [-0.3, -0.25) is 0 Å². The standard InChI is InChI=1S/C21H22NSi.C19H16N.Ir/c1-16-10-12-18(13-11-16)20-14-19(17-8-6-5-7-9-17)21(15-22-20)23(2,3)4;1-15(16-8-4-2-5-9-16)18-12-13-20-19(14-18)17-10-6-3-7-11-17;/h5-12,14-15H,1-4H3;2-10,12-15H,1H3;/q2*-1;/i1D3;15D;. The molecule has 44 heavy (non-hydrogen) atoms. The van der Waals surface area contributed by atoms with Crippen LogP contribution in [-0.2, 0) is 20.1 Å². The van der Waals surface area contributed by atoms with Gasteiger partial charge < -0.3 is 9.97 Å². The molecule has 6 aromatic rings. The van der Waals surface area contributed by atoms with E-state index in [2.05, 4.69) is 59.9 Å². The van der Waals surface area contributed by atoms with Gasteiger partial charge in [-0.2, -0.15) is 0 Å². The van der Waals surface area contributed by atoms with Crippen molar-refractivity contribution in [2.75, 3.05) is 0 Å². The van der Waals surface area contributed by atoms with Crippen molar-refractivity contribution in [3.63, 3.8) is 0 Å². The van der Waals surface area contributed by atoms with Crippen molar-refractivity contribution in [3.8, 4) is 33.6 Å². The molecule has 2 heterocycles. The second-order valence-corrected chi connectivity index (χ2v) is 16.5. The summed E-state index contributed by atoms with van der Waals surface area (Å²) in [6.07, 6.45) is 3.75. The van der Waals surface area contributed by atoms with Crippen molar-refractivity contribution in [1.82, 2.24) is 9.97 Å². The quantitative estimate of drug-likeness (QED) is 0.125. The third-order valence-electron chi connectivity index (χ3n) is 7.27. The van der Waals surface area contributed by atoms with Crippen LogP contribution in [0.25, 0.3) is 33.6 Å². The molecule has 6 rings (SSSR count). The fourth-order valence-electron chi connectivity index (χ4n) is 4.86. The second-order valence-electron chi connectivity index (χ2n) is 11.4. The molecule has 0 bridgehead atoms. The summed E-state index contributed by atoms with van der Waals surface area (Å²) in [5, 5.41) is 1.31.